The number of methoxy groups -OCH3 is 1. The molecule has 0 saturated carbocycles. The fraction of sp³-hybridized carbons (Fsp3) is 0.286. The van der Waals surface area contributed by atoms with E-state index in [4.69, 9.17) is 5.11 Å². The van der Waals surface area contributed by atoms with Crippen LogP contribution in [0.25, 0.3) is 0 Å². The van der Waals surface area contributed by atoms with Gasteiger partial charge in [-0.2, -0.15) is 0 Å². The van der Waals surface area contributed by atoms with E-state index in [9.17, 15) is 8.78 Å². The highest BCUT2D eigenvalue weighted by Crippen LogP contribution is 2.33. The van der Waals surface area contributed by atoms with Crippen LogP contribution in [0.15, 0.2) is 12.3 Å². The lowest BCUT2D eigenvalue weighted by Gasteiger charge is -2.05. The van der Waals surface area contributed by atoms with Crippen molar-refractivity contribution in [3.8, 4) is 11.5 Å². The molecular formula is C7H7F2NO2. The summed E-state index contributed by atoms with van der Waals surface area (Å²) in [5.41, 5.74) is -0.658. The van der Waals surface area contributed by atoms with Gasteiger partial charge in [-0.05, 0) is 0 Å². The molecule has 0 bridgehead atoms. The Balaban J connectivity index is 3.14. The predicted octanol–water partition coefficient (Wildman–Crippen LogP) is 1.73. The van der Waals surface area contributed by atoms with E-state index in [0.717, 1.165) is 6.20 Å². The Kier molecular flexibility index (Phi) is 2.42. The van der Waals surface area contributed by atoms with E-state index in [1.54, 1.807) is 0 Å². The number of ether oxygens (including phenoxy) is 1. The standard InChI is InChI=1S/C7H7F2NO2/c1-12-4-2-3-10-5(6(4)11)7(8)9/h2-3,7,11H,1H3. The van der Waals surface area contributed by atoms with Crippen molar-refractivity contribution in [3.63, 3.8) is 0 Å². The highest BCUT2D eigenvalue weighted by Gasteiger charge is 2.17. The van der Waals surface area contributed by atoms with Crippen molar-refractivity contribution in [1.82, 2.24) is 4.98 Å². The molecule has 0 radical (unpaired) electrons. The smallest absolute Gasteiger partial charge is 0.284 e. The van der Waals surface area contributed by atoms with E-state index in [2.05, 4.69) is 9.72 Å². The molecule has 3 nitrogen and oxygen atoms in total. The van der Waals surface area contributed by atoms with Gasteiger partial charge in [0.05, 0.1) is 7.11 Å². The minimum absolute atomic E-state index is 0.000278. The molecule has 1 aromatic rings. The van der Waals surface area contributed by atoms with Gasteiger partial charge in [-0.25, -0.2) is 8.78 Å². The normalized spacial score (nSPS) is 10.3. The summed E-state index contributed by atoms with van der Waals surface area (Å²) < 4.78 is 28.7. The number of hydrogen-bond donors (Lipinski definition) is 1. The van der Waals surface area contributed by atoms with Crippen molar-refractivity contribution in [1.29, 1.82) is 0 Å². The Bertz CT molecular complexity index is 278. The monoisotopic (exact) mass is 175 g/mol. The molecule has 0 atom stereocenters. The van der Waals surface area contributed by atoms with Crippen LogP contribution in [0.4, 0.5) is 8.78 Å². The van der Waals surface area contributed by atoms with E-state index in [-0.39, 0.29) is 5.75 Å². The topological polar surface area (TPSA) is 42.4 Å². The van der Waals surface area contributed by atoms with Crippen LogP contribution in [-0.4, -0.2) is 17.2 Å². The van der Waals surface area contributed by atoms with Gasteiger partial charge in [0.25, 0.3) is 6.43 Å². The van der Waals surface area contributed by atoms with Crippen LogP contribution in [-0.2, 0) is 0 Å². The van der Waals surface area contributed by atoms with Crippen molar-refractivity contribution in [2.75, 3.05) is 7.11 Å². The maximum absolute atomic E-state index is 12.1. The number of rotatable bonds is 2. The molecular weight excluding hydrogens is 168 g/mol. The first-order chi connectivity index (χ1) is 5.66. The minimum Gasteiger partial charge on any atom is -0.503 e. The molecule has 0 fully saturated rings. The van der Waals surface area contributed by atoms with E-state index in [0.29, 0.717) is 0 Å². The quantitative estimate of drug-likeness (QED) is 0.744. The SMILES string of the molecule is COc1ccnc(C(F)F)c1O. The van der Waals surface area contributed by atoms with Crippen LogP contribution in [0.1, 0.15) is 12.1 Å². The van der Waals surface area contributed by atoms with Crippen molar-refractivity contribution >= 4 is 0 Å². The van der Waals surface area contributed by atoms with Crippen LogP contribution in [0.2, 0.25) is 0 Å². The van der Waals surface area contributed by atoms with Gasteiger partial charge in [0.2, 0.25) is 0 Å². The number of pyridine rings is 1. The van der Waals surface area contributed by atoms with Gasteiger partial charge >= 0.3 is 0 Å². The summed E-state index contributed by atoms with van der Waals surface area (Å²) in [6, 6.07) is 1.31. The van der Waals surface area contributed by atoms with Crippen LogP contribution >= 0.6 is 0 Å². The van der Waals surface area contributed by atoms with Crippen LogP contribution < -0.4 is 4.74 Å². The molecule has 0 aromatic carbocycles. The van der Waals surface area contributed by atoms with Gasteiger partial charge in [-0.1, -0.05) is 0 Å². The maximum atomic E-state index is 12.1. The lowest BCUT2D eigenvalue weighted by molar-refractivity contribution is 0.141. The minimum atomic E-state index is -2.79. The summed E-state index contributed by atoms with van der Waals surface area (Å²) in [6.45, 7) is 0. The fourth-order valence-electron chi connectivity index (χ4n) is 0.776. The largest absolute Gasteiger partial charge is 0.503 e. The van der Waals surface area contributed by atoms with E-state index < -0.39 is 17.9 Å². The van der Waals surface area contributed by atoms with Crippen LogP contribution in [0.5, 0.6) is 11.5 Å². The second-order valence-electron chi connectivity index (χ2n) is 2.05. The molecule has 0 unspecified atom stereocenters. The Hall–Kier alpha value is -1.39. The molecule has 1 aromatic heterocycles. The van der Waals surface area contributed by atoms with E-state index in [1.165, 1.54) is 13.2 Å². The summed E-state index contributed by atoms with van der Waals surface area (Å²) in [4.78, 5) is 3.31. The number of aromatic hydroxyl groups is 1. The summed E-state index contributed by atoms with van der Waals surface area (Å²) in [6.07, 6.45) is -1.64. The number of nitrogens with zero attached hydrogens (tertiary/aromatic N) is 1. The molecule has 0 aliphatic rings. The van der Waals surface area contributed by atoms with Crippen molar-refractivity contribution in [2.24, 2.45) is 0 Å². The van der Waals surface area contributed by atoms with Gasteiger partial charge in [-0.15, -0.1) is 0 Å². The van der Waals surface area contributed by atoms with Gasteiger partial charge in [-0.3, -0.25) is 4.98 Å². The van der Waals surface area contributed by atoms with Gasteiger partial charge < -0.3 is 9.84 Å². The first kappa shape index (κ1) is 8.70. The summed E-state index contributed by atoms with van der Waals surface area (Å²) in [5.74, 6) is -0.602. The average molecular weight is 175 g/mol. The van der Waals surface area contributed by atoms with Gasteiger partial charge in [0, 0.05) is 12.3 Å². The zero-order chi connectivity index (χ0) is 9.14. The third-order valence-corrected chi connectivity index (χ3v) is 1.34. The highest BCUT2D eigenvalue weighted by atomic mass is 19.3. The van der Waals surface area contributed by atoms with Crippen LogP contribution in [0, 0.1) is 0 Å². The van der Waals surface area contributed by atoms with E-state index in [1.807, 2.05) is 0 Å². The first-order valence-corrected chi connectivity index (χ1v) is 3.16. The molecule has 66 valence electrons. The van der Waals surface area contributed by atoms with Gasteiger partial charge in [0.15, 0.2) is 17.2 Å². The van der Waals surface area contributed by atoms with Crippen molar-refractivity contribution in [2.45, 2.75) is 6.43 Å². The second-order valence-corrected chi connectivity index (χ2v) is 2.05. The zero-order valence-corrected chi connectivity index (χ0v) is 6.29. The number of aromatic nitrogens is 1. The van der Waals surface area contributed by atoms with Gasteiger partial charge in [0.1, 0.15) is 0 Å². The fourth-order valence-corrected chi connectivity index (χ4v) is 0.776. The number of alkyl halides is 2. The Morgan fingerprint density at radius 2 is 2.25 bits per heavy atom. The summed E-state index contributed by atoms with van der Waals surface area (Å²) >= 11 is 0. The summed E-state index contributed by atoms with van der Waals surface area (Å²) in [7, 11) is 1.28. The predicted molar refractivity (Wildman–Crippen MR) is 37.4 cm³/mol. The first-order valence-electron chi connectivity index (χ1n) is 3.16. The lowest BCUT2D eigenvalue weighted by Crippen LogP contribution is -1.93. The third-order valence-electron chi connectivity index (χ3n) is 1.34. The molecule has 0 aliphatic carbocycles. The Morgan fingerprint density at radius 1 is 1.58 bits per heavy atom. The highest BCUT2D eigenvalue weighted by molar-refractivity contribution is 5.41. The zero-order valence-electron chi connectivity index (χ0n) is 6.29. The Morgan fingerprint density at radius 3 is 2.75 bits per heavy atom. The van der Waals surface area contributed by atoms with Crippen molar-refractivity contribution < 1.29 is 18.6 Å². The second kappa shape index (κ2) is 3.34. The van der Waals surface area contributed by atoms with Crippen molar-refractivity contribution in [3.05, 3.63) is 18.0 Å². The summed E-state index contributed by atoms with van der Waals surface area (Å²) in [5, 5.41) is 9.09. The van der Waals surface area contributed by atoms with E-state index >= 15 is 0 Å². The number of halogens is 2. The average Bonchev–Trinajstić information content (AvgIpc) is 2.04. The third kappa shape index (κ3) is 1.44. The maximum Gasteiger partial charge on any atom is 0.284 e. The lowest BCUT2D eigenvalue weighted by atomic mass is 10.3. The molecule has 0 amide bonds. The Labute approximate surface area is 67.6 Å². The molecule has 0 spiro atoms. The van der Waals surface area contributed by atoms with Crippen LogP contribution in [0.3, 0.4) is 0 Å². The number of hydrogen-bond acceptors (Lipinski definition) is 3. The molecule has 5 heteroatoms. The molecule has 1 N–H and O–H groups in total. The molecule has 1 rings (SSSR count). The molecule has 0 aliphatic heterocycles. The molecule has 0 saturated heterocycles. The molecule has 12 heavy (non-hydrogen) atoms. The molecule has 1 heterocycles.